The molecule has 1 atom stereocenters. The van der Waals surface area contributed by atoms with Crippen molar-refractivity contribution in [2.24, 2.45) is 0 Å². The number of hydrogen-bond acceptors (Lipinski definition) is 5. The van der Waals surface area contributed by atoms with E-state index in [0.29, 0.717) is 12.6 Å². The lowest BCUT2D eigenvalue weighted by molar-refractivity contribution is -0.390. The number of ether oxygens (including phenoxy) is 1. The molecule has 15 heavy (non-hydrogen) atoms. The molecule has 2 N–H and O–H groups in total. The Kier molecular flexibility index (Phi) is 2.82. The Morgan fingerprint density at radius 1 is 1.73 bits per heavy atom. The maximum Gasteiger partial charge on any atom is 0.385 e. The first-order valence-corrected chi connectivity index (χ1v) is 4.81. The van der Waals surface area contributed by atoms with Crippen LogP contribution >= 0.6 is 0 Å². The molecule has 1 aliphatic rings. The van der Waals surface area contributed by atoms with Crippen LogP contribution in [0.2, 0.25) is 0 Å². The largest absolute Gasteiger partial charge is 0.483 e. The molecule has 0 radical (unpaired) electrons. The van der Waals surface area contributed by atoms with Gasteiger partial charge in [-0.2, -0.15) is 0 Å². The highest BCUT2D eigenvalue weighted by Gasteiger charge is 2.19. The molecule has 0 spiro atoms. The third-order valence-electron chi connectivity index (χ3n) is 2.37. The van der Waals surface area contributed by atoms with Crippen LogP contribution in [0.3, 0.4) is 0 Å². The molecule has 2 heterocycles. The molecule has 82 valence electrons. The third kappa shape index (κ3) is 2.24. The molecule has 1 fully saturated rings. The number of nitrogens with one attached hydrogen (secondary N) is 2. The first-order chi connectivity index (χ1) is 7.27. The number of aromatic nitrogens is 2. The van der Waals surface area contributed by atoms with E-state index in [1.54, 1.807) is 0 Å². The quantitative estimate of drug-likeness (QED) is 0.558. The predicted octanol–water partition coefficient (Wildman–Crippen LogP) is 0.449. The van der Waals surface area contributed by atoms with Gasteiger partial charge < -0.3 is 20.2 Å². The van der Waals surface area contributed by atoms with Crippen molar-refractivity contribution >= 4 is 5.82 Å². The van der Waals surface area contributed by atoms with Crippen molar-refractivity contribution in [2.75, 3.05) is 13.2 Å². The van der Waals surface area contributed by atoms with E-state index in [1.807, 2.05) is 0 Å². The van der Waals surface area contributed by atoms with Gasteiger partial charge >= 0.3 is 5.82 Å². The first-order valence-electron chi connectivity index (χ1n) is 4.81. The van der Waals surface area contributed by atoms with E-state index >= 15 is 0 Å². The molecule has 0 saturated carbocycles. The van der Waals surface area contributed by atoms with E-state index in [1.165, 1.54) is 6.20 Å². The van der Waals surface area contributed by atoms with Gasteiger partial charge in [-0.15, -0.1) is 5.10 Å². The lowest BCUT2D eigenvalue weighted by atomic mass is 10.2. The molecule has 1 unspecified atom stereocenters. The number of aromatic amines is 1. The standard InChI is InChI=1S/C8H12N4O3/c13-12(14)8-7(4-10-11-8)15-5-6-2-1-3-9-6/h4,6,9H,1-3,5H2,(H,10,11). The van der Waals surface area contributed by atoms with Crippen LogP contribution in [0.1, 0.15) is 12.8 Å². The molecule has 0 aromatic carbocycles. The van der Waals surface area contributed by atoms with Crippen LogP contribution in [0.15, 0.2) is 6.20 Å². The third-order valence-corrected chi connectivity index (χ3v) is 2.37. The second-order valence-corrected chi connectivity index (χ2v) is 3.44. The Morgan fingerprint density at radius 3 is 3.27 bits per heavy atom. The van der Waals surface area contributed by atoms with Gasteiger partial charge in [-0.25, -0.2) is 0 Å². The molecule has 0 amide bonds. The van der Waals surface area contributed by atoms with Gasteiger partial charge in [0.05, 0.1) is 0 Å². The van der Waals surface area contributed by atoms with Crippen molar-refractivity contribution in [3.05, 3.63) is 16.3 Å². The van der Waals surface area contributed by atoms with Crippen LogP contribution in [0.4, 0.5) is 5.82 Å². The summed E-state index contributed by atoms with van der Waals surface area (Å²) in [7, 11) is 0. The maximum atomic E-state index is 10.5. The highest BCUT2D eigenvalue weighted by molar-refractivity contribution is 5.36. The van der Waals surface area contributed by atoms with Gasteiger partial charge in [-0.1, -0.05) is 5.10 Å². The molecule has 0 aliphatic carbocycles. The molecule has 1 saturated heterocycles. The monoisotopic (exact) mass is 212 g/mol. The minimum absolute atomic E-state index is 0.187. The van der Waals surface area contributed by atoms with Gasteiger partial charge in [0.15, 0.2) is 0 Å². The van der Waals surface area contributed by atoms with E-state index in [9.17, 15) is 10.1 Å². The fourth-order valence-electron chi connectivity index (χ4n) is 1.59. The average Bonchev–Trinajstić information content (AvgIpc) is 2.86. The summed E-state index contributed by atoms with van der Waals surface area (Å²) in [6.07, 6.45) is 3.50. The number of nitro groups is 1. The van der Waals surface area contributed by atoms with Crippen molar-refractivity contribution in [2.45, 2.75) is 18.9 Å². The van der Waals surface area contributed by atoms with Gasteiger partial charge in [-0.05, 0) is 24.3 Å². The van der Waals surface area contributed by atoms with Crippen LogP contribution in [0.5, 0.6) is 5.75 Å². The first kappa shape index (κ1) is 9.91. The average molecular weight is 212 g/mol. The Morgan fingerprint density at radius 2 is 2.60 bits per heavy atom. The van der Waals surface area contributed by atoms with E-state index in [4.69, 9.17) is 4.74 Å². The van der Waals surface area contributed by atoms with Gasteiger partial charge in [0.2, 0.25) is 5.75 Å². The van der Waals surface area contributed by atoms with Crippen molar-refractivity contribution < 1.29 is 9.66 Å². The highest BCUT2D eigenvalue weighted by atomic mass is 16.6. The summed E-state index contributed by atoms with van der Waals surface area (Å²) in [5, 5.41) is 19.6. The smallest absolute Gasteiger partial charge is 0.385 e. The molecule has 7 heteroatoms. The molecule has 7 nitrogen and oxygen atoms in total. The molecule has 1 aromatic rings. The maximum absolute atomic E-state index is 10.5. The number of H-pyrrole nitrogens is 1. The van der Waals surface area contributed by atoms with Gasteiger partial charge in [0.1, 0.15) is 12.8 Å². The summed E-state index contributed by atoms with van der Waals surface area (Å²) >= 11 is 0. The fraction of sp³-hybridized carbons (Fsp3) is 0.625. The van der Waals surface area contributed by atoms with Crippen molar-refractivity contribution in [3.63, 3.8) is 0 Å². The fourth-order valence-corrected chi connectivity index (χ4v) is 1.59. The zero-order valence-electron chi connectivity index (χ0n) is 8.10. The Balaban J connectivity index is 1.92. The van der Waals surface area contributed by atoms with Crippen molar-refractivity contribution in [3.8, 4) is 5.75 Å². The number of nitrogens with zero attached hydrogens (tertiary/aromatic N) is 2. The molecule has 2 rings (SSSR count). The van der Waals surface area contributed by atoms with Crippen LogP contribution in [0, 0.1) is 10.1 Å². The van der Waals surface area contributed by atoms with Crippen LogP contribution < -0.4 is 10.1 Å². The van der Waals surface area contributed by atoms with E-state index < -0.39 is 4.92 Å². The minimum atomic E-state index is -0.537. The van der Waals surface area contributed by atoms with Crippen molar-refractivity contribution in [1.82, 2.24) is 15.5 Å². The molecule has 1 aromatic heterocycles. The lowest BCUT2D eigenvalue weighted by Crippen LogP contribution is -2.28. The van der Waals surface area contributed by atoms with E-state index in [0.717, 1.165) is 19.4 Å². The van der Waals surface area contributed by atoms with Crippen LogP contribution in [-0.4, -0.2) is 34.3 Å². The van der Waals surface area contributed by atoms with E-state index in [-0.39, 0.29) is 11.6 Å². The summed E-state index contributed by atoms with van der Waals surface area (Å²) in [6, 6.07) is 0.291. The van der Waals surface area contributed by atoms with E-state index in [2.05, 4.69) is 15.5 Å². The predicted molar refractivity (Wildman–Crippen MR) is 51.8 cm³/mol. The molecular formula is C8H12N4O3. The normalized spacial score (nSPS) is 20.4. The van der Waals surface area contributed by atoms with Gasteiger partial charge in [0.25, 0.3) is 0 Å². The van der Waals surface area contributed by atoms with Crippen LogP contribution in [0.25, 0.3) is 0 Å². The van der Waals surface area contributed by atoms with Gasteiger partial charge in [-0.3, -0.25) is 0 Å². The summed E-state index contributed by atoms with van der Waals surface area (Å²) in [5.74, 6) is 0.0155. The second-order valence-electron chi connectivity index (χ2n) is 3.44. The zero-order chi connectivity index (χ0) is 10.7. The molecule has 0 bridgehead atoms. The van der Waals surface area contributed by atoms with Crippen molar-refractivity contribution in [1.29, 1.82) is 0 Å². The zero-order valence-corrected chi connectivity index (χ0v) is 8.10. The summed E-state index contributed by atoms with van der Waals surface area (Å²) in [5.41, 5.74) is 0. The van der Waals surface area contributed by atoms with Crippen LogP contribution in [-0.2, 0) is 0 Å². The Labute approximate surface area is 86.0 Å². The minimum Gasteiger partial charge on any atom is -0.483 e. The SMILES string of the molecule is O=[N+]([O-])c1[nH]ncc1OCC1CCCN1. The second kappa shape index (κ2) is 4.26. The lowest BCUT2D eigenvalue weighted by Gasteiger charge is -2.09. The molecule has 1 aliphatic heterocycles. The topological polar surface area (TPSA) is 93.1 Å². The summed E-state index contributed by atoms with van der Waals surface area (Å²) in [6.45, 7) is 1.43. The van der Waals surface area contributed by atoms with Gasteiger partial charge in [0, 0.05) is 6.04 Å². The Hall–Kier alpha value is -1.63. The number of rotatable bonds is 4. The molecular weight excluding hydrogens is 200 g/mol. The summed E-state index contributed by atoms with van der Waals surface area (Å²) in [4.78, 5) is 9.98. The summed E-state index contributed by atoms with van der Waals surface area (Å²) < 4.78 is 5.32. The number of hydrogen-bond donors (Lipinski definition) is 2. The highest BCUT2D eigenvalue weighted by Crippen LogP contribution is 2.23. The Bertz CT molecular complexity index is 345.